The van der Waals surface area contributed by atoms with Gasteiger partial charge >= 0.3 is 0 Å². The van der Waals surface area contributed by atoms with Gasteiger partial charge in [0.2, 0.25) is 6.29 Å². The van der Waals surface area contributed by atoms with Crippen LogP contribution < -0.4 is 5.32 Å². The van der Waals surface area contributed by atoms with Crippen LogP contribution in [0, 0.1) is 0 Å². The molecule has 1 aliphatic heterocycles. The number of rotatable bonds is 4. The minimum Gasteiger partial charge on any atom is -0.353 e. The first-order valence-electron chi connectivity index (χ1n) is 14.9. The first-order valence-corrected chi connectivity index (χ1v) is 15.7. The zero-order valence-corrected chi connectivity index (χ0v) is 24.6. The van der Waals surface area contributed by atoms with Crippen LogP contribution in [0.2, 0.25) is 0 Å². The Morgan fingerprint density at radius 1 is 0.545 bits per heavy atom. The molecule has 4 heteroatoms. The average Bonchev–Trinajstić information content (AvgIpc) is 3.64. The number of fused-ring (bicyclic) bond motifs is 6. The number of allylic oxidation sites excluding steroid dienone is 1. The van der Waals surface area contributed by atoms with Gasteiger partial charge in [-0.2, -0.15) is 0 Å². The van der Waals surface area contributed by atoms with E-state index in [2.05, 4.69) is 149 Å². The molecule has 0 bridgehead atoms. The molecule has 1 N–H and O–H groups in total. The standard InChI is InChI=1S/C40H27N3S/c1-2-9-26(10-3-1)27-17-19-28(20-18-27)35-23-24-41-40(42-35)43-36-15-6-4-11-31(36)34-25-29(21-22-37(34)43)30-13-8-14-33-32-12-5-7-16-38(32)44-39(30)33/h1-25,40-41H. The van der Waals surface area contributed by atoms with Crippen molar-refractivity contribution in [2.75, 3.05) is 0 Å². The predicted molar refractivity (Wildman–Crippen MR) is 187 cm³/mol. The SMILES string of the molecule is C1=CC(c2ccc(-c3ccccc3)cc2)=NC(n2c3ccccc3c3cc(-c4cccc5c4sc4ccccc45)ccc32)N1. The average molecular weight is 582 g/mol. The molecule has 9 rings (SSSR count). The van der Waals surface area contributed by atoms with Crippen LogP contribution in [-0.4, -0.2) is 10.3 Å². The summed E-state index contributed by atoms with van der Waals surface area (Å²) in [6, 6.07) is 50.1. The highest BCUT2D eigenvalue weighted by atomic mass is 32.1. The Morgan fingerprint density at radius 2 is 1.23 bits per heavy atom. The Hall–Kier alpha value is -5.45. The van der Waals surface area contributed by atoms with Gasteiger partial charge in [-0.15, -0.1) is 11.3 Å². The summed E-state index contributed by atoms with van der Waals surface area (Å²) < 4.78 is 4.99. The van der Waals surface area contributed by atoms with E-state index in [-0.39, 0.29) is 6.29 Å². The van der Waals surface area contributed by atoms with E-state index in [1.807, 2.05) is 23.6 Å². The number of aromatic nitrogens is 1. The van der Waals surface area contributed by atoms with Gasteiger partial charge in [0.25, 0.3) is 0 Å². The van der Waals surface area contributed by atoms with Crippen LogP contribution >= 0.6 is 11.3 Å². The summed E-state index contributed by atoms with van der Waals surface area (Å²) in [5.74, 6) is 0. The number of hydrogen-bond acceptors (Lipinski definition) is 3. The van der Waals surface area contributed by atoms with Gasteiger partial charge in [-0.1, -0.05) is 115 Å². The summed E-state index contributed by atoms with van der Waals surface area (Å²) in [5.41, 5.74) is 9.32. The Kier molecular flexibility index (Phi) is 5.75. The first-order chi connectivity index (χ1) is 21.8. The van der Waals surface area contributed by atoms with Crippen molar-refractivity contribution in [1.29, 1.82) is 0 Å². The highest BCUT2D eigenvalue weighted by molar-refractivity contribution is 7.26. The maximum atomic E-state index is 5.23. The van der Waals surface area contributed by atoms with Crippen LogP contribution in [0.15, 0.2) is 157 Å². The van der Waals surface area contributed by atoms with Crippen molar-refractivity contribution in [2.24, 2.45) is 4.99 Å². The van der Waals surface area contributed by atoms with Gasteiger partial charge in [-0.3, -0.25) is 0 Å². The van der Waals surface area contributed by atoms with E-state index in [1.54, 1.807) is 0 Å². The van der Waals surface area contributed by atoms with Gasteiger partial charge in [-0.05, 0) is 58.2 Å². The Morgan fingerprint density at radius 3 is 2.11 bits per heavy atom. The molecule has 6 aromatic carbocycles. The molecule has 1 aliphatic rings. The lowest BCUT2D eigenvalue weighted by Crippen LogP contribution is -2.25. The normalized spacial score (nSPS) is 14.8. The smallest absolute Gasteiger partial charge is 0.201 e. The van der Waals surface area contributed by atoms with E-state index in [0.717, 1.165) is 22.3 Å². The molecule has 3 heterocycles. The van der Waals surface area contributed by atoms with Gasteiger partial charge in [0, 0.05) is 37.1 Å². The number of nitrogens with one attached hydrogen (secondary N) is 1. The van der Waals surface area contributed by atoms with E-state index >= 15 is 0 Å². The van der Waals surface area contributed by atoms with Crippen molar-refractivity contribution in [3.8, 4) is 22.3 Å². The van der Waals surface area contributed by atoms with Crippen LogP contribution in [0.25, 0.3) is 64.2 Å². The van der Waals surface area contributed by atoms with Gasteiger partial charge in [-0.25, -0.2) is 4.99 Å². The van der Waals surface area contributed by atoms with Gasteiger partial charge in [0.05, 0.1) is 16.7 Å². The quantitative estimate of drug-likeness (QED) is 0.220. The minimum atomic E-state index is -0.261. The fourth-order valence-corrected chi connectivity index (χ4v) is 7.84. The van der Waals surface area contributed by atoms with Crippen LogP contribution in [0.1, 0.15) is 11.9 Å². The largest absolute Gasteiger partial charge is 0.353 e. The van der Waals surface area contributed by atoms with Crippen LogP contribution in [0.3, 0.4) is 0 Å². The van der Waals surface area contributed by atoms with E-state index < -0.39 is 0 Å². The Labute approximate surface area is 259 Å². The van der Waals surface area contributed by atoms with E-state index in [0.29, 0.717) is 0 Å². The van der Waals surface area contributed by atoms with E-state index in [1.165, 1.54) is 53.2 Å². The van der Waals surface area contributed by atoms with Crippen molar-refractivity contribution < 1.29 is 0 Å². The number of para-hydroxylation sites is 1. The number of thiophene rings is 1. The second-order valence-electron chi connectivity index (χ2n) is 11.2. The van der Waals surface area contributed by atoms with E-state index in [4.69, 9.17) is 4.99 Å². The lowest BCUT2D eigenvalue weighted by Gasteiger charge is -2.22. The molecule has 2 aromatic heterocycles. The summed E-state index contributed by atoms with van der Waals surface area (Å²) >= 11 is 1.88. The Balaban J connectivity index is 1.15. The molecule has 3 nitrogen and oxygen atoms in total. The van der Waals surface area contributed by atoms with Gasteiger partial charge in [0.1, 0.15) is 0 Å². The summed E-state index contributed by atoms with van der Waals surface area (Å²) in [4.78, 5) is 5.23. The third-order valence-corrected chi connectivity index (χ3v) is 9.93. The number of benzene rings is 6. The molecule has 1 unspecified atom stereocenters. The van der Waals surface area contributed by atoms with Crippen LogP contribution in [0.5, 0.6) is 0 Å². The highest BCUT2D eigenvalue weighted by Gasteiger charge is 2.20. The third kappa shape index (κ3) is 3.99. The predicted octanol–water partition coefficient (Wildman–Crippen LogP) is 10.6. The molecular formula is C40H27N3S. The van der Waals surface area contributed by atoms with Crippen molar-refractivity contribution in [2.45, 2.75) is 6.29 Å². The monoisotopic (exact) mass is 581 g/mol. The zero-order valence-electron chi connectivity index (χ0n) is 23.8. The molecular weight excluding hydrogens is 555 g/mol. The summed E-state index contributed by atoms with van der Waals surface area (Å²) in [7, 11) is 0. The van der Waals surface area contributed by atoms with Crippen molar-refractivity contribution >= 4 is 59.0 Å². The molecule has 0 amide bonds. The lowest BCUT2D eigenvalue weighted by atomic mass is 10.0. The minimum absolute atomic E-state index is 0.261. The fraction of sp³-hybridized carbons (Fsp3) is 0.0250. The zero-order chi connectivity index (χ0) is 29.0. The highest BCUT2D eigenvalue weighted by Crippen LogP contribution is 2.41. The maximum absolute atomic E-state index is 5.23. The summed E-state index contributed by atoms with van der Waals surface area (Å²) in [6.45, 7) is 0. The number of nitrogens with zero attached hydrogens (tertiary/aromatic N) is 2. The second kappa shape index (κ2) is 10.1. The fourth-order valence-electron chi connectivity index (χ4n) is 6.60. The van der Waals surface area contributed by atoms with Crippen molar-refractivity contribution in [3.63, 3.8) is 0 Å². The molecule has 8 aromatic rings. The van der Waals surface area contributed by atoms with Gasteiger partial charge < -0.3 is 9.88 Å². The molecule has 1 atom stereocenters. The van der Waals surface area contributed by atoms with Gasteiger partial charge in [0.15, 0.2) is 0 Å². The first kappa shape index (κ1) is 25.1. The summed E-state index contributed by atoms with van der Waals surface area (Å²) in [6.07, 6.45) is 3.82. The van der Waals surface area contributed by atoms with Crippen LogP contribution in [0.4, 0.5) is 0 Å². The maximum Gasteiger partial charge on any atom is 0.201 e. The summed E-state index contributed by atoms with van der Waals surface area (Å²) in [5, 5.41) is 8.63. The topological polar surface area (TPSA) is 29.3 Å². The third-order valence-electron chi connectivity index (χ3n) is 8.71. The molecule has 0 spiro atoms. The van der Waals surface area contributed by atoms with E-state index in [9.17, 15) is 0 Å². The lowest BCUT2D eigenvalue weighted by molar-refractivity contribution is 0.499. The second-order valence-corrected chi connectivity index (χ2v) is 12.3. The number of hydrogen-bond donors (Lipinski definition) is 1. The van der Waals surface area contributed by atoms with Crippen molar-refractivity contribution in [1.82, 2.24) is 9.88 Å². The molecule has 0 fully saturated rings. The molecule has 0 saturated heterocycles. The molecule has 0 radical (unpaired) electrons. The molecule has 0 saturated carbocycles. The molecule has 208 valence electrons. The van der Waals surface area contributed by atoms with Crippen molar-refractivity contribution in [3.05, 3.63) is 157 Å². The molecule has 0 aliphatic carbocycles. The molecule has 44 heavy (non-hydrogen) atoms. The Bertz CT molecular complexity index is 2410. The van der Waals surface area contributed by atoms with Crippen LogP contribution in [-0.2, 0) is 0 Å². The number of aliphatic imine (C=N–C) groups is 1.